The highest BCUT2D eigenvalue weighted by Gasteiger charge is 2.03. The van der Waals surface area contributed by atoms with E-state index < -0.39 is 0 Å². The van der Waals surface area contributed by atoms with Crippen molar-refractivity contribution in [3.05, 3.63) is 24.5 Å². The molecule has 90 valence electrons. The second-order valence-corrected chi connectivity index (χ2v) is 3.49. The first-order valence-corrected chi connectivity index (χ1v) is 5.33. The van der Waals surface area contributed by atoms with Gasteiger partial charge in [0.05, 0.1) is 18.8 Å². The van der Waals surface area contributed by atoms with E-state index in [1.54, 1.807) is 4.68 Å². The van der Waals surface area contributed by atoms with Crippen molar-refractivity contribution >= 4 is 0 Å². The standard InChI is InChI=1S/C10H19N5O/c1-2-3-14(6-7-16)4-5-15-9-10(8-11)12-13-15/h2,9,16H,1,3-8,11H2. The van der Waals surface area contributed by atoms with Gasteiger partial charge in [-0.25, -0.2) is 0 Å². The first-order valence-electron chi connectivity index (χ1n) is 5.33. The molecule has 16 heavy (non-hydrogen) atoms. The van der Waals surface area contributed by atoms with Crippen LogP contribution in [0.25, 0.3) is 0 Å². The van der Waals surface area contributed by atoms with Crippen LogP contribution in [0.1, 0.15) is 5.69 Å². The summed E-state index contributed by atoms with van der Waals surface area (Å²) in [5.74, 6) is 0. The fourth-order valence-electron chi connectivity index (χ4n) is 1.40. The van der Waals surface area contributed by atoms with Gasteiger partial charge in [0.15, 0.2) is 0 Å². The first kappa shape index (κ1) is 12.8. The summed E-state index contributed by atoms with van der Waals surface area (Å²) < 4.78 is 1.76. The zero-order valence-electron chi connectivity index (χ0n) is 9.42. The number of nitrogens with two attached hydrogens (primary N) is 1. The lowest BCUT2D eigenvalue weighted by Crippen LogP contribution is -2.30. The molecule has 0 aromatic carbocycles. The van der Waals surface area contributed by atoms with Crippen LogP contribution in [-0.2, 0) is 13.1 Å². The molecule has 0 radical (unpaired) electrons. The number of aliphatic hydroxyl groups is 1. The van der Waals surface area contributed by atoms with Crippen molar-refractivity contribution in [1.29, 1.82) is 0 Å². The Morgan fingerprint density at radius 2 is 2.38 bits per heavy atom. The third-order valence-corrected chi connectivity index (χ3v) is 2.24. The molecule has 3 N–H and O–H groups in total. The lowest BCUT2D eigenvalue weighted by atomic mass is 10.4. The summed E-state index contributed by atoms with van der Waals surface area (Å²) in [5, 5.41) is 16.7. The molecule has 0 aliphatic carbocycles. The van der Waals surface area contributed by atoms with E-state index in [9.17, 15) is 0 Å². The Labute approximate surface area is 95.4 Å². The molecule has 1 aromatic rings. The van der Waals surface area contributed by atoms with Crippen molar-refractivity contribution in [2.75, 3.05) is 26.2 Å². The van der Waals surface area contributed by atoms with E-state index in [0.717, 1.165) is 25.3 Å². The van der Waals surface area contributed by atoms with Gasteiger partial charge < -0.3 is 10.8 Å². The summed E-state index contributed by atoms with van der Waals surface area (Å²) in [4.78, 5) is 2.09. The van der Waals surface area contributed by atoms with E-state index in [2.05, 4.69) is 21.8 Å². The molecule has 0 bridgehead atoms. The van der Waals surface area contributed by atoms with Gasteiger partial charge in [-0.1, -0.05) is 11.3 Å². The monoisotopic (exact) mass is 225 g/mol. The Hall–Kier alpha value is -1.24. The predicted molar refractivity (Wildman–Crippen MR) is 61.6 cm³/mol. The Balaban J connectivity index is 2.38. The van der Waals surface area contributed by atoms with Crippen molar-refractivity contribution in [1.82, 2.24) is 19.9 Å². The molecule has 0 atom stereocenters. The maximum absolute atomic E-state index is 8.88. The van der Waals surface area contributed by atoms with Gasteiger partial charge in [-0.3, -0.25) is 9.58 Å². The average Bonchev–Trinajstić information content (AvgIpc) is 2.74. The zero-order valence-corrected chi connectivity index (χ0v) is 9.42. The Morgan fingerprint density at radius 1 is 1.56 bits per heavy atom. The molecule has 6 heteroatoms. The van der Waals surface area contributed by atoms with Crippen molar-refractivity contribution in [2.24, 2.45) is 5.73 Å². The lowest BCUT2D eigenvalue weighted by Gasteiger charge is -2.18. The van der Waals surface area contributed by atoms with Gasteiger partial charge in [0.25, 0.3) is 0 Å². The summed E-state index contributed by atoms with van der Waals surface area (Å²) in [6.07, 6.45) is 3.66. The number of rotatable bonds is 8. The number of aliphatic hydroxyl groups excluding tert-OH is 1. The molecule has 6 nitrogen and oxygen atoms in total. The molecular weight excluding hydrogens is 206 g/mol. The van der Waals surface area contributed by atoms with Gasteiger partial charge >= 0.3 is 0 Å². The fraction of sp³-hybridized carbons (Fsp3) is 0.600. The van der Waals surface area contributed by atoms with Crippen LogP contribution in [0, 0.1) is 0 Å². The van der Waals surface area contributed by atoms with Gasteiger partial charge in [0.1, 0.15) is 0 Å². The first-order chi connectivity index (χ1) is 7.80. The highest BCUT2D eigenvalue weighted by atomic mass is 16.3. The summed E-state index contributed by atoms with van der Waals surface area (Å²) in [6, 6.07) is 0. The number of aromatic nitrogens is 3. The molecular formula is C10H19N5O. The smallest absolute Gasteiger partial charge is 0.0962 e. The van der Waals surface area contributed by atoms with Crippen LogP contribution in [-0.4, -0.2) is 51.2 Å². The van der Waals surface area contributed by atoms with E-state index in [1.165, 1.54) is 0 Å². The van der Waals surface area contributed by atoms with Gasteiger partial charge in [-0.15, -0.1) is 11.7 Å². The molecule has 0 amide bonds. The number of nitrogens with zero attached hydrogens (tertiary/aromatic N) is 4. The Kier molecular flexibility index (Phi) is 5.69. The predicted octanol–water partition coefficient (Wildman–Crippen LogP) is -0.783. The third kappa shape index (κ3) is 4.09. The minimum atomic E-state index is 0.152. The summed E-state index contributed by atoms with van der Waals surface area (Å²) >= 11 is 0. The average molecular weight is 225 g/mol. The molecule has 0 spiro atoms. The lowest BCUT2D eigenvalue weighted by molar-refractivity contribution is 0.202. The minimum absolute atomic E-state index is 0.152. The van der Waals surface area contributed by atoms with E-state index in [4.69, 9.17) is 10.8 Å². The van der Waals surface area contributed by atoms with Crippen LogP contribution in [0.3, 0.4) is 0 Å². The highest BCUT2D eigenvalue weighted by Crippen LogP contribution is 1.94. The SMILES string of the molecule is C=CCN(CCO)CCn1cc(CN)nn1. The topological polar surface area (TPSA) is 80.2 Å². The molecule has 0 saturated carbocycles. The van der Waals surface area contributed by atoms with Crippen molar-refractivity contribution in [3.63, 3.8) is 0 Å². The van der Waals surface area contributed by atoms with Crippen molar-refractivity contribution in [2.45, 2.75) is 13.1 Å². The van der Waals surface area contributed by atoms with Gasteiger partial charge in [-0.2, -0.15) is 0 Å². The molecule has 0 aliphatic heterocycles. The second kappa shape index (κ2) is 7.10. The van der Waals surface area contributed by atoms with Gasteiger partial charge in [0, 0.05) is 32.4 Å². The molecule has 0 saturated heterocycles. The van der Waals surface area contributed by atoms with Crippen LogP contribution in [0.15, 0.2) is 18.9 Å². The zero-order chi connectivity index (χ0) is 11.8. The maximum atomic E-state index is 8.88. The maximum Gasteiger partial charge on any atom is 0.0962 e. The van der Waals surface area contributed by atoms with Crippen LogP contribution >= 0.6 is 0 Å². The van der Waals surface area contributed by atoms with Crippen molar-refractivity contribution in [3.8, 4) is 0 Å². The molecule has 1 rings (SSSR count). The molecule has 1 heterocycles. The van der Waals surface area contributed by atoms with Crippen LogP contribution in [0.2, 0.25) is 0 Å². The van der Waals surface area contributed by atoms with E-state index in [1.807, 2.05) is 12.3 Å². The van der Waals surface area contributed by atoms with Crippen LogP contribution in [0.4, 0.5) is 0 Å². The Bertz CT molecular complexity index is 312. The van der Waals surface area contributed by atoms with Gasteiger partial charge in [0.2, 0.25) is 0 Å². The molecule has 0 fully saturated rings. The number of hydrogen-bond donors (Lipinski definition) is 2. The van der Waals surface area contributed by atoms with E-state index >= 15 is 0 Å². The number of hydrogen-bond acceptors (Lipinski definition) is 5. The normalized spacial score (nSPS) is 10.9. The highest BCUT2D eigenvalue weighted by molar-refractivity contribution is 4.90. The molecule has 1 aromatic heterocycles. The fourth-order valence-corrected chi connectivity index (χ4v) is 1.40. The molecule has 0 aliphatic rings. The third-order valence-electron chi connectivity index (χ3n) is 2.24. The minimum Gasteiger partial charge on any atom is -0.395 e. The van der Waals surface area contributed by atoms with Gasteiger partial charge in [-0.05, 0) is 0 Å². The van der Waals surface area contributed by atoms with Crippen LogP contribution < -0.4 is 5.73 Å². The second-order valence-electron chi connectivity index (χ2n) is 3.49. The van der Waals surface area contributed by atoms with E-state index in [-0.39, 0.29) is 6.61 Å². The Morgan fingerprint density at radius 3 is 2.94 bits per heavy atom. The van der Waals surface area contributed by atoms with Crippen LogP contribution in [0.5, 0.6) is 0 Å². The van der Waals surface area contributed by atoms with E-state index in [0.29, 0.717) is 13.1 Å². The quantitative estimate of drug-likeness (QED) is 0.567. The summed E-state index contributed by atoms with van der Waals surface area (Å²) in [5.41, 5.74) is 6.23. The summed E-state index contributed by atoms with van der Waals surface area (Å²) in [7, 11) is 0. The largest absolute Gasteiger partial charge is 0.395 e. The summed E-state index contributed by atoms with van der Waals surface area (Å²) in [6.45, 7) is 7.19. The van der Waals surface area contributed by atoms with Crippen molar-refractivity contribution < 1.29 is 5.11 Å². The molecule has 0 unspecified atom stereocenters.